The molecule has 186 valence electrons. The maximum absolute atomic E-state index is 14.2. The molecule has 0 spiro atoms. The van der Waals surface area contributed by atoms with Crippen molar-refractivity contribution in [3.05, 3.63) is 58.0 Å². The first kappa shape index (κ1) is 24.1. The molecule has 0 radical (unpaired) electrons. The van der Waals surface area contributed by atoms with Crippen LogP contribution in [0.5, 0.6) is 0 Å². The van der Waals surface area contributed by atoms with E-state index in [1.807, 2.05) is 11.0 Å². The summed E-state index contributed by atoms with van der Waals surface area (Å²) < 4.78 is 14.2. The van der Waals surface area contributed by atoms with Gasteiger partial charge in [-0.2, -0.15) is 0 Å². The van der Waals surface area contributed by atoms with Gasteiger partial charge in [0.25, 0.3) is 0 Å². The number of hydrogen-bond acceptors (Lipinski definition) is 5. The van der Waals surface area contributed by atoms with Crippen LogP contribution in [-0.4, -0.2) is 64.6 Å². The molecule has 2 saturated heterocycles. The van der Waals surface area contributed by atoms with Gasteiger partial charge in [-0.25, -0.2) is 4.39 Å². The fourth-order valence-electron chi connectivity index (χ4n) is 5.92. The Morgan fingerprint density at radius 1 is 1.03 bits per heavy atom. The molecule has 8 heteroatoms. The molecule has 2 aromatic rings. The number of thiophene rings is 1. The number of imide groups is 1. The molecule has 1 aromatic heterocycles. The van der Waals surface area contributed by atoms with Crippen LogP contribution in [0.3, 0.4) is 0 Å². The van der Waals surface area contributed by atoms with Gasteiger partial charge in [-0.05, 0) is 48.4 Å². The van der Waals surface area contributed by atoms with Gasteiger partial charge in [-0.3, -0.25) is 24.2 Å². The second kappa shape index (κ2) is 10.2. The maximum Gasteiger partial charge on any atom is 0.241 e. The van der Waals surface area contributed by atoms with Crippen LogP contribution in [0.4, 0.5) is 4.39 Å². The molecule has 1 atom stereocenters. The third-order valence-corrected chi connectivity index (χ3v) is 8.63. The molecule has 35 heavy (non-hydrogen) atoms. The minimum Gasteiger partial charge on any atom is -0.341 e. The van der Waals surface area contributed by atoms with Crippen LogP contribution in [-0.2, 0) is 26.3 Å². The zero-order valence-corrected chi connectivity index (χ0v) is 20.8. The van der Waals surface area contributed by atoms with Gasteiger partial charge in [-0.15, -0.1) is 11.3 Å². The Morgan fingerprint density at radius 3 is 2.60 bits per heavy atom. The van der Waals surface area contributed by atoms with Crippen LogP contribution in [0.15, 0.2) is 41.8 Å². The van der Waals surface area contributed by atoms with E-state index >= 15 is 0 Å². The Bertz CT molecular complexity index is 1090. The zero-order chi connectivity index (χ0) is 24.4. The quantitative estimate of drug-likeness (QED) is 0.567. The molecule has 1 unspecified atom stereocenters. The molecule has 0 N–H and O–H groups in total. The molecule has 3 amide bonds. The van der Waals surface area contributed by atoms with E-state index in [-0.39, 0.29) is 36.6 Å². The lowest BCUT2D eigenvalue weighted by molar-refractivity contribution is -0.144. The fourth-order valence-corrected chi connectivity index (χ4v) is 6.66. The predicted molar refractivity (Wildman–Crippen MR) is 132 cm³/mol. The number of benzene rings is 1. The van der Waals surface area contributed by atoms with Gasteiger partial charge >= 0.3 is 0 Å². The normalized spacial score (nSPS) is 24.4. The van der Waals surface area contributed by atoms with E-state index in [0.717, 1.165) is 51.7 Å². The number of hydrogen-bond donors (Lipinski definition) is 0. The third kappa shape index (κ3) is 4.91. The second-order valence-electron chi connectivity index (χ2n) is 10.0. The highest BCUT2D eigenvalue weighted by atomic mass is 32.1. The third-order valence-electron chi connectivity index (χ3n) is 7.77. The first-order valence-corrected chi connectivity index (χ1v) is 13.5. The number of nitrogens with zero attached hydrogens (tertiary/aromatic N) is 3. The number of rotatable bonds is 6. The molecule has 3 fully saturated rings. The first-order chi connectivity index (χ1) is 17.0. The van der Waals surface area contributed by atoms with Crippen molar-refractivity contribution in [2.45, 2.75) is 62.9 Å². The summed E-state index contributed by atoms with van der Waals surface area (Å²) in [5.41, 5.74) is -0.902. The lowest BCUT2D eigenvalue weighted by Crippen LogP contribution is -2.46. The van der Waals surface area contributed by atoms with E-state index in [2.05, 4.69) is 16.3 Å². The Kier molecular flexibility index (Phi) is 7.02. The van der Waals surface area contributed by atoms with Gasteiger partial charge in [0.1, 0.15) is 5.82 Å². The van der Waals surface area contributed by atoms with Crippen LogP contribution in [0.25, 0.3) is 0 Å². The monoisotopic (exact) mass is 497 g/mol. The van der Waals surface area contributed by atoms with Crippen LogP contribution in [0.2, 0.25) is 0 Å². The summed E-state index contributed by atoms with van der Waals surface area (Å²) in [7, 11) is 0. The largest absolute Gasteiger partial charge is 0.341 e. The van der Waals surface area contributed by atoms with Crippen LogP contribution in [0.1, 0.15) is 55.4 Å². The summed E-state index contributed by atoms with van der Waals surface area (Å²) in [6, 6.07) is 9.96. The molecule has 1 saturated carbocycles. The Hall–Kier alpha value is -2.58. The summed E-state index contributed by atoms with van der Waals surface area (Å²) in [5.74, 6) is -1.17. The number of carbonyl (C=O) groups is 3. The molecule has 0 bridgehead atoms. The van der Waals surface area contributed by atoms with E-state index in [4.69, 9.17) is 0 Å². The topological polar surface area (TPSA) is 60.9 Å². The molecule has 1 aromatic carbocycles. The minimum absolute atomic E-state index is 0.0735. The Labute approximate surface area is 209 Å². The number of likely N-dealkylation sites (tertiary alicyclic amines) is 1. The first-order valence-electron chi connectivity index (χ1n) is 12.6. The molecular formula is C27H32FN3O3S. The SMILES string of the molecule is O=C(CC1(c2cccc(F)c2)CC(=O)N(C2CCCC2)C1=O)N1CCCN(Cc2cccs2)CC1. The Morgan fingerprint density at radius 2 is 1.86 bits per heavy atom. The summed E-state index contributed by atoms with van der Waals surface area (Å²) in [6.45, 7) is 3.74. The molecule has 3 heterocycles. The average Bonchev–Trinajstić information content (AvgIpc) is 3.55. The molecule has 3 aliphatic rings. The number of halogens is 1. The molecule has 1 aliphatic carbocycles. The lowest BCUT2D eigenvalue weighted by atomic mass is 9.75. The minimum atomic E-state index is -1.33. The standard InChI is InChI=1S/C27H32FN3O3S/c28-21-7-3-6-20(16-21)27(18-25(33)31(26(27)34)22-8-1-2-9-22)17-24(32)30-12-5-11-29(13-14-30)19-23-10-4-15-35-23/h3-4,6-7,10,15-16,22H,1-2,5,8-9,11-14,17-19H2. The van der Waals surface area contributed by atoms with Crippen molar-refractivity contribution < 1.29 is 18.8 Å². The van der Waals surface area contributed by atoms with E-state index in [1.165, 1.54) is 21.9 Å². The average molecular weight is 498 g/mol. The van der Waals surface area contributed by atoms with Crippen molar-refractivity contribution in [1.82, 2.24) is 14.7 Å². The second-order valence-corrected chi connectivity index (χ2v) is 11.1. The van der Waals surface area contributed by atoms with E-state index in [0.29, 0.717) is 18.7 Å². The predicted octanol–water partition coefficient (Wildman–Crippen LogP) is 3.95. The van der Waals surface area contributed by atoms with Crippen molar-refractivity contribution >= 4 is 29.1 Å². The number of amides is 3. The molecule has 2 aliphatic heterocycles. The highest BCUT2D eigenvalue weighted by Gasteiger charge is 2.56. The molecule has 5 rings (SSSR count). The maximum atomic E-state index is 14.2. The summed E-state index contributed by atoms with van der Waals surface area (Å²) in [5, 5.41) is 2.07. The molecule has 6 nitrogen and oxygen atoms in total. The van der Waals surface area contributed by atoms with Gasteiger partial charge in [0, 0.05) is 56.5 Å². The van der Waals surface area contributed by atoms with Gasteiger partial charge in [-0.1, -0.05) is 31.0 Å². The van der Waals surface area contributed by atoms with Gasteiger partial charge < -0.3 is 4.90 Å². The summed E-state index contributed by atoms with van der Waals surface area (Å²) in [6.07, 6.45) is 4.26. The van der Waals surface area contributed by atoms with Crippen molar-refractivity contribution in [1.29, 1.82) is 0 Å². The highest BCUT2D eigenvalue weighted by Crippen LogP contribution is 2.43. The van der Waals surface area contributed by atoms with E-state index in [1.54, 1.807) is 23.5 Å². The van der Waals surface area contributed by atoms with Crippen LogP contribution in [0, 0.1) is 5.82 Å². The lowest BCUT2D eigenvalue weighted by Gasteiger charge is -2.31. The van der Waals surface area contributed by atoms with Crippen molar-refractivity contribution in [2.24, 2.45) is 0 Å². The van der Waals surface area contributed by atoms with E-state index in [9.17, 15) is 18.8 Å². The molecular weight excluding hydrogens is 465 g/mol. The summed E-state index contributed by atoms with van der Waals surface area (Å²) >= 11 is 1.73. The highest BCUT2D eigenvalue weighted by molar-refractivity contribution is 7.09. The summed E-state index contributed by atoms with van der Waals surface area (Å²) in [4.78, 5) is 47.5. The van der Waals surface area contributed by atoms with Crippen molar-refractivity contribution in [3.63, 3.8) is 0 Å². The van der Waals surface area contributed by atoms with Gasteiger partial charge in [0.15, 0.2) is 0 Å². The van der Waals surface area contributed by atoms with Gasteiger partial charge in [0.05, 0.1) is 5.41 Å². The smallest absolute Gasteiger partial charge is 0.241 e. The van der Waals surface area contributed by atoms with Gasteiger partial charge in [0.2, 0.25) is 17.7 Å². The zero-order valence-electron chi connectivity index (χ0n) is 20.0. The van der Waals surface area contributed by atoms with Crippen LogP contribution < -0.4 is 0 Å². The number of carbonyl (C=O) groups excluding carboxylic acids is 3. The van der Waals surface area contributed by atoms with Crippen molar-refractivity contribution in [2.75, 3.05) is 26.2 Å². The van der Waals surface area contributed by atoms with Crippen molar-refractivity contribution in [3.8, 4) is 0 Å². The fraction of sp³-hybridized carbons (Fsp3) is 0.519. The van der Waals surface area contributed by atoms with E-state index < -0.39 is 11.2 Å². The Balaban J connectivity index is 1.36. The van der Waals surface area contributed by atoms with Crippen LogP contribution >= 0.6 is 11.3 Å².